The van der Waals surface area contributed by atoms with Crippen LogP contribution in [-0.2, 0) is 14.4 Å². The lowest BCUT2D eigenvalue weighted by atomic mass is 9.98. The predicted molar refractivity (Wildman–Crippen MR) is 90.7 cm³/mol. The number of hydrogen-bond acceptors (Lipinski definition) is 5. The average Bonchev–Trinajstić information content (AvgIpc) is 2.96. The maximum absolute atomic E-state index is 12.7. The Hall–Kier alpha value is -1.63. The molecular formula is C17H28N4O3. The molecule has 7 nitrogen and oxygen atoms in total. The van der Waals surface area contributed by atoms with Gasteiger partial charge in [-0.05, 0) is 33.1 Å². The fourth-order valence-electron chi connectivity index (χ4n) is 3.72. The molecule has 0 aromatic carbocycles. The van der Waals surface area contributed by atoms with E-state index in [0.717, 1.165) is 44.7 Å². The normalized spacial score (nSPS) is 28.5. The Morgan fingerprint density at radius 2 is 1.71 bits per heavy atom. The summed E-state index contributed by atoms with van der Waals surface area (Å²) in [6, 6.07) is 0. The molecule has 3 heterocycles. The first-order chi connectivity index (χ1) is 11.5. The molecule has 1 atom stereocenters. The average molecular weight is 336 g/mol. The molecule has 0 saturated carbocycles. The summed E-state index contributed by atoms with van der Waals surface area (Å²) in [5.41, 5.74) is 0.00666. The van der Waals surface area contributed by atoms with Gasteiger partial charge in [-0.3, -0.25) is 14.5 Å². The van der Waals surface area contributed by atoms with Crippen LogP contribution in [0.4, 0.5) is 0 Å². The van der Waals surface area contributed by atoms with Crippen molar-refractivity contribution in [2.45, 2.75) is 45.1 Å². The number of rotatable bonds is 3. The van der Waals surface area contributed by atoms with Crippen molar-refractivity contribution in [1.29, 1.82) is 0 Å². The summed E-state index contributed by atoms with van der Waals surface area (Å²) in [4.78, 5) is 36.4. The molecule has 2 saturated heterocycles. The molecule has 0 aromatic rings. The number of likely N-dealkylation sites (tertiary alicyclic amines) is 1. The number of piperazine rings is 1. The number of amides is 2. The Morgan fingerprint density at radius 1 is 1.04 bits per heavy atom. The van der Waals surface area contributed by atoms with Crippen LogP contribution in [0.5, 0.6) is 0 Å². The molecule has 2 fully saturated rings. The molecule has 3 rings (SSSR count). The van der Waals surface area contributed by atoms with Gasteiger partial charge in [0.2, 0.25) is 11.5 Å². The molecule has 2 amide bonds. The summed E-state index contributed by atoms with van der Waals surface area (Å²) in [6.45, 7) is 8.71. The second-order valence-electron chi connectivity index (χ2n) is 7.34. The van der Waals surface area contributed by atoms with Crippen LogP contribution >= 0.6 is 0 Å². The summed E-state index contributed by atoms with van der Waals surface area (Å²) in [5.74, 6) is 0.231. The third-order valence-corrected chi connectivity index (χ3v) is 5.18. The molecule has 0 N–H and O–H groups in total. The van der Waals surface area contributed by atoms with Crippen molar-refractivity contribution >= 4 is 17.5 Å². The van der Waals surface area contributed by atoms with Crippen molar-refractivity contribution < 1.29 is 14.4 Å². The van der Waals surface area contributed by atoms with Gasteiger partial charge < -0.3 is 14.6 Å². The Balaban J connectivity index is 1.45. The highest BCUT2D eigenvalue weighted by molar-refractivity contribution is 5.94. The van der Waals surface area contributed by atoms with Crippen molar-refractivity contribution in [2.75, 3.05) is 45.8 Å². The summed E-state index contributed by atoms with van der Waals surface area (Å²) in [6.07, 6.45) is 4.02. The zero-order valence-corrected chi connectivity index (χ0v) is 14.8. The van der Waals surface area contributed by atoms with Crippen LogP contribution in [0.2, 0.25) is 0 Å². The molecule has 0 aliphatic carbocycles. The van der Waals surface area contributed by atoms with Crippen molar-refractivity contribution in [3.05, 3.63) is 0 Å². The molecule has 0 bridgehead atoms. The molecule has 0 spiro atoms. The van der Waals surface area contributed by atoms with E-state index in [-0.39, 0.29) is 11.8 Å². The van der Waals surface area contributed by atoms with E-state index in [1.54, 1.807) is 0 Å². The smallest absolute Gasteiger partial charge is 0.269 e. The van der Waals surface area contributed by atoms with Crippen molar-refractivity contribution in [2.24, 2.45) is 5.16 Å². The molecular weight excluding hydrogens is 308 g/mol. The summed E-state index contributed by atoms with van der Waals surface area (Å²) in [5, 5.41) is 3.92. The van der Waals surface area contributed by atoms with E-state index in [1.165, 1.54) is 6.42 Å². The lowest BCUT2D eigenvalue weighted by Gasteiger charge is -2.38. The molecule has 24 heavy (non-hydrogen) atoms. The monoisotopic (exact) mass is 336 g/mol. The van der Waals surface area contributed by atoms with Gasteiger partial charge in [0.1, 0.15) is 0 Å². The van der Waals surface area contributed by atoms with Crippen LogP contribution in [0.15, 0.2) is 5.16 Å². The lowest BCUT2D eigenvalue weighted by molar-refractivity contribution is -0.155. The van der Waals surface area contributed by atoms with E-state index >= 15 is 0 Å². The predicted octanol–water partition coefficient (Wildman–Crippen LogP) is 0.698. The van der Waals surface area contributed by atoms with Crippen molar-refractivity contribution in [3.63, 3.8) is 0 Å². The maximum atomic E-state index is 12.7. The van der Waals surface area contributed by atoms with Gasteiger partial charge in [-0.2, -0.15) is 0 Å². The highest BCUT2D eigenvalue weighted by Crippen LogP contribution is 2.26. The molecule has 3 aliphatic rings. The number of piperidine rings is 1. The third-order valence-electron chi connectivity index (χ3n) is 5.18. The minimum atomic E-state index is -0.851. The number of carbonyl (C=O) groups is 2. The minimum Gasteiger partial charge on any atom is -0.379 e. The van der Waals surface area contributed by atoms with E-state index in [4.69, 9.17) is 4.84 Å². The SMILES string of the molecule is CC1=NOC(C)(C(=O)N2CCN(CC(=O)N3CCCCC3)CC2)C1. The van der Waals surface area contributed by atoms with Gasteiger partial charge in [0.15, 0.2) is 0 Å². The fourth-order valence-corrected chi connectivity index (χ4v) is 3.72. The van der Waals surface area contributed by atoms with Crippen LogP contribution in [0.1, 0.15) is 39.5 Å². The van der Waals surface area contributed by atoms with Crippen LogP contribution in [0.25, 0.3) is 0 Å². The highest BCUT2D eigenvalue weighted by Gasteiger charge is 2.44. The van der Waals surface area contributed by atoms with Gasteiger partial charge >= 0.3 is 0 Å². The highest BCUT2D eigenvalue weighted by atomic mass is 16.7. The van der Waals surface area contributed by atoms with Gasteiger partial charge in [-0.1, -0.05) is 5.16 Å². The van der Waals surface area contributed by atoms with Crippen LogP contribution in [0, 0.1) is 0 Å². The number of carbonyl (C=O) groups excluding carboxylic acids is 2. The zero-order chi connectivity index (χ0) is 17.2. The molecule has 134 valence electrons. The quantitative estimate of drug-likeness (QED) is 0.761. The number of oxime groups is 1. The number of hydrogen-bond donors (Lipinski definition) is 0. The Morgan fingerprint density at radius 3 is 2.29 bits per heavy atom. The summed E-state index contributed by atoms with van der Waals surface area (Å²) in [7, 11) is 0. The Labute approximate surface area is 143 Å². The summed E-state index contributed by atoms with van der Waals surface area (Å²) < 4.78 is 0. The molecule has 7 heteroatoms. The van der Waals surface area contributed by atoms with Crippen molar-refractivity contribution in [3.8, 4) is 0 Å². The van der Waals surface area contributed by atoms with E-state index in [0.29, 0.717) is 26.1 Å². The Kier molecular flexibility index (Phi) is 5.08. The molecule has 0 radical (unpaired) electrons. The van der Waals surface area contributed by atoms with Crippen LogP contribution < -0.4 is 0 Å². The van der Waals surface area contributed by atoms with E-state index < -0.39 is 5.60 Å². The first kappa shape index (κ1) is 17.2. The standard InChI is InChI=1S/C17H28N4O3/c1-14-12-17(2,24-18-14)16(23)21-10-8-19(9-11-21)13-15(22)20-6-4-3-5-7-20/h3-13H2,1-2H3. The first-order valence-electron chi connectivity index (χ1n) is 8.99. The van der Waals surface area contributed by atoms with Gasteiger partial charge in [-0.15, -0.1) is 0 Å². The zero-order valence-electron chi connectivity index (χ0n) is 14.8. The summed E-state index contributed by atoms with van der Waals surface area (Å²) >= 11 is 0. The van der Waals surface area contributed by atoms with Gasteiger partial charge in [0.25, 0.3) is 5.91 Å². The molecule has 0 aromatic heterocycles. The molecule has 1 unspecified atom stereocenters. The topological polar surface area (TPSA) is 65.5 Å². The van der Waals surface area contributed by atoms with Gasteiger partial charge in [0, 0.05) is 45.7 Å². The first-order valence-corrected chi connectivity index (χ1v) is 8.99. The fraction of sp³-hybridized carbons (Fsp3) is 0.824. The maximum Gasteiger partial charge on any atom is 0.269 e. The minimum absolute atomic E-state index is 0.00473. The largest absolute Gasteiger partial charge is 0.379 e. The van der Waals surface area contributed by atoms with Gasteiger partial charge in [-0.25, -0.2) is 0 Å². The van der Waals surface area contributed by atoms with Crippen LogP contribution in [-0.4, -0.2) is 83.6 Å². The van der Waals surface area contributed by atoms with E-state index in [2.05, 4.69) is 10.1 Å². The Bertz CT molecular complexity index is 522. The molecule has 3 aliphatic heterocycles. The second-order valence-corrected chi connectivity index (χ2v) is 7.34. The van der Waals surface area contributed by atoms with E-state index in [1.807, 2.05) is 23.6 Å². The van der Waals surface area contributed by atoms with Gasteiger partial charge in [0.05, 0.1) is 12.3 Å². The second kappa shape index (κ2) is 7.09. The van der Waals surface area contributed by atoms with E-state index in [9.17, 15) is 9.59 Å². The van der Waals surface area contributed by atoms with Crippen LogP contribution in [0.3, 0.4) is 0 Å². The third kappa shape index (κ3) is 3.71. The number of nitrogens with zero attached hydrogens (tertiary/aromatic N) is 4. The van der Waals surface area contributed by atoms with Crippen molar-refractivity contribution in [1.82, 2.24) is 14.7 Å². The lowest BCUT2D eigenvalue weighted by Crippen LogP contribution is -2.56.